The number of aliphatic hydroxyl groups is 1. The van der Waals surface area contributed by atoms with E-state index in [1.165, 1.54) is 0 Å². The van der Waals surface area contributed by atoms with Crippen LogP contribution < -0.4 is 0 Å². The molecule has 0 saturated carbocycles. The van der Waals surface area contributed by atoms with Crippen LogP contribution in [0.2, 0.25) is 0 Å². The van der Waals surface area contributed by atoms with Crippen LogP contribution in [0.5, 0.6) is 0 Å². The fraction of sp³-hybridized carbons (Fsp3) is 0.900. The molecule has 2 saturated heterocycles. The van der Waals surface area contributed by atoms with E-state index >= 15 is 0 Å². The maximum atomic E-state index is 11.4. The summed E-state index contributed by atoms with van der Waals surface area (Å²) >= 11 is 3.46. The second-order valence-corrected chi connectivity index (χ2v) is 6.66. The van der Waals surface area contributed by atoms with E-state index in [1.807, 2.05) is 0 Å². The van der Waals surface area contributed by atoms with E-state index in [1.54, 1.807) is 23.5 Å². The Morgan fingerprint density at radius 1 is 1.07 bits per heavy atom. The predicted octanol–water partition coefficient (Wildman–Crippen LogP) is 1.45. The minimum absolute atomic E-state index is 0.573. The summed E-state index contributed by atoms with van der Waals surface area (Å²) in [6.07, 6.45) is 1.88. The summed E-state index contributed by atoms with van der Waals surface area (Å²) in [6, 6.07) is 0. The lowest BCUT2D eigenvalue weighted by Gasteiger charge is -2.43. The van der Waals surface area contributed by atoms with Gasteiger partial charge in [0, 0.05) is 5.75 Å². The molecule has 0 bridgehead atoms. The van der Waals surface area contributed by atoms with Crippen molar-refractivity contribution in [2.24, 2.45) is 5.41 Å². The maximum absolute atomic E-state index is 11.4. The van der Waals surface area contributed by atoms with Gasteiger partial charge in [0.25, 0.3) is 0 Å². The normalized spacial score (nSPS) is 35.3. The Balaban J connectivity index is 2.26. The molecule has 0 aromatic rings. The van der Waals surface area contributed by atoms with E-state index in [-0.39, 0.29) is 0 Å². The number of aliphatic carboxylic acids is 1. The van der Waals surface area contributed by atoms with Gasteiger partial charge in [-0.15, -0.1) is 0 Å². The SMILES string of the molecule is O=C(O)C1(C2(O)CCSCC2)CCSC1. The minimum Gasteiger partial charge on any atom is -0.481 e. The standard InChI is InChI=1S/C10H16O3S2/c11-8(12)9(1-4-15-7-9)10(13)2-5-14-6-3-10/h13H,1-7H2,(H,11,12). The van der Waals surface area contributed by atoms with E-state index in [4.69, 9.17) is 0 Å². The third-order valence-electron chi connectivity index (χ3n) is 3.64. The van der Waals surface area contributed by atoms with Gasteiger partial charge in [-0.1, -0.05) is 0 Å². The summed E-state index contributed by atoms with van der Waals surface area (Å²) in [5.41, 5.74) is -1.84. The van der Waals surface area contributed by atoms with Crippen LogP contribution in [0, 0.1) is 5.41 Å². The number of hydrogen-bond donors (Lipinski definition) is 2. The van der Waals surface area contributed by atoms with E-state index in [2.05, 4.69) is 0 Å². The molecule has 2 aliphatic heterocycles. The van der Waals surface area contributed by atoms with Crippen LogP contribution in [0.1, 0.15) is 19.3 Å². The number of carboxylic acids is 1. The minimum atomic E-state index is -0.965. The van der Waals surface area contributed by atoms with Gasteiger partial charge < -0.3 is 10.2 Å². The number of thioether (sulfide) groups is 2. The van der Waals surface area contributed by atoms with Crippen LogP contribution in [0.4, 0.5) is 0 Å². The molecule has 2 aliphatic rings. The smallest absolute Gasteiger partial charge is 0.313 e. The van der Waals surface area contributed by atoms with Gasteiger partial charge in [0.05, 0.1) is 5.60 Å². The quantitative estimate of drug-likeness (QED) is 0.774. The summed E-state index contributed by atoms with van der Waals surface area (Å²) in [6.45, 7) is 0. The number of carboxylic acid groups (broad SMARTS) is 1. The van der Waals surface area contributed by atoms with Gasteiger partial charge in [-0.3, -0.25) is 4.79 Å². The van der Waals surface area contributed by atoms with E-state index in [0.717, 1.165) is 17.3 Å². The second-order valence-electron chi connectivity index (χ2n) is 4.33. The summed E-state index contributed by atoms with van der Waals surface area (Å²) in [7, 11) is 0. The molecule has 0 radical (unpaired) electrons. The second kappa shape index (κ2) is 4.18. The average molecular weight is 248 g/mol. The van der Waals surface area contributed by atoms with E-state index < -0.39 is 17.0 Å². The lowest BCUT2D eigenvalue weighted by molar-refractivity contribution is -0.167. The number of hydrogen-bond acceptors (Lipinski definition) is 4. The van der Waals surface area contributed by atoms with Crippen LogP contribution in [-0.2, 0) is 4.79 Å². The highest BCUT2D eigenvalue weighted by Gasteiger charge is 2.57. The number of carbonyl (C=O) groups is 1. The summed E-state index contributed by atoms with van der Waals surface area (Å²) < 4.78 is 0. The monoisotopic (exact) mass is 248 g/mol. The molecule has 2 N–H and O–H groups in total. The zero-order valence-corrected chi connectivity index (χ0v) is 10.2. The molecule has 3 nitrogen and oxygen atoms in total. The van der Waals surface area contributed by atoms with Crippen molar-refractivity contribution < 1.29 is 15.0 Å². The van der Waals surface area contributed by atoms with Crippen molar-refractivity contribution in [3.05, 3.63) is 0 Å². The van der Waals surface area contributed by atoms with Gasteiger partial charge in [0.2, 0.25) is 0 Å². The number of rotatable bonds is 2. The van der Waals surface area contributed by atoms with Crippen LogP contribution in [0.15, 0.2) is 0 Å². The Morgan fingerprint density at radius 3 is 2.13 bits per heavy atom. The first-order valence-corrected chi connectivity index (χ1v) is 7.53. The Bertz CT molecular complexity index is 255. The highest BCUT2D eigenvalue weighted by atomic mass is 32.2. The zero-order valence-electron chi connectivity index (χ0n) is 8.57. The van der Waals surface area contributed by atoms with Crippen LogP contribution >= 0.6 is 23.5 Å². The Morgan fingerprint density at radius 2 is 1.67 bits per heavy atom. The van der Waals surface area contributed by atoms with Gasteiger partial charge in [-0.25, -0.2) is 0 Å². The van der Waals surface area contributed by atoms with Crippen molar-refractivity contribution >= 4 is 29.5 Å². The first-order valence-electron chi connectivity index (χ1n) is 5.22. The van der Waals surface area contributed by atoms with Gasteiger partial charge in [0.1, 0.15) is 5.41 Å². The Kier molecular flexibility index (Phi) is 3.24. The lowest BCUT2D eigenvalue weighted by atomic mass is 9.68. The largest absolute Gasteiger partial charge is 0.481 e. The van der Waals surface area contributed by atoms with E-state index in [0.29, 0.717) is 25.0 Å². The van der Waals surface area contributed by atoms with Gasteiger partial charge in [-0.05, 0) is 36.5 Å². The molecule has 0 aliphatic carbocycles. The Hall–Kier alpha value is 0.130. The molecule has 2 fully saturated rings. The van der Waals surface area contributed by atoms with E-state index in [9.17, 15) is 15.0 Å². The fourth-order valence-electron chi connectivity index (χ4n) is 2.49. The molecule has 86 valence electrons. The first-order chi connectivity index (χ1) is 7.11. The molecule has 15 heavy (non-hydrogen) atoms. The molecule has 0 aromatic heterocycles. The van der Waals surface area contributed by atoms with Gasteiger partial charge >= 0.3 is 5.97 Å². The highest BCUT2D eigenvalue weighted by Crippen LogP contribution is 2.50. The van der Waals surface area contributed by atoms with Gasteiger partial charge in [-0.2, -0.15) is 23.5 Å². The fourth-order valence-corrected chi connectivity index (χ4v) is 5.18. The van der Waals surface area contributed by atoms with Crippen LogP contribution in [-0.4, -0.2) is 44.8 Å². The first kappa shape index (κ1) is 11.6. The summed E-state index contributed by atoms with van der Waals surface area (Å²) in [5.74, 6) is 2.40. The zero-order chi connectivity index (χ0) is 10.9. The van der Waals surface area contributed by atoms with Crippen molar-refractivity contribution in [2.45, 2.75) is 24.9 Å². The molecular formula is C10H16O3S2. The predicted molar refractivity (Wildman–Crippen MR) is 63.5 cm³/mol. The summed E-state index contributed by atoms with van der Waals surface area (Å²) in [4.78, 5) is 11.4. The molecule has 0 aromatic carbocycles. The molecule has 0 spiro atoms. The van der Waals surface area contributed by atoms with Crippen molar-refractivity contribution in [3.8, 4) is 0 Å². The topological polar surface area (TPSA) is 57.5 Å². The lowest BCUT2D eigenvalue weighted by Crippen LogP contribution is -2.55. The molecule has 2 heterocycles. The maximum Gasteiger partial charge on any atom is 0.313 e. The van der Waals surface area contributed by atoms with Gasteiger partial charge in [0.15, 0.2) is 0 Å². The molecule has 0 amide bonds. The van der Waals surface area contributed by atoms with Crippen molar-refractivity contribution in [2.75, 3.05) is 23.0 Å². The average Bonchev–Trinajstić information content (AvgIpc) is 2.69. The molecular weight excluding hydrogens is 232 g/mol. The third kappa shape index (κ3) is 1.78. The summed E-state index contributed by atoms with van der Waals surface area (Å²) in [5, 5.41) is 20.0. The van der Waals surface area contributed by atoms with Crippen molar-refractivity contribution in [1.82, 2.24) is 0 Å². The third-order valence-corrected chi connectivity index (χ3v) is 5.82. The highest BCUT2D eigenvalue weighted by molar-refractivity contribution is 7.99. The van der Waals surface area contributed by atoms with Crippen molar-refractivity contribution in [3.63, 3.8) is 0 Å². The molecule has 1 unspecified atom stereocenters. The van der Waals surface area contributed by atoms with Crippen molar-refractivity contribution in [1.29, 1.82) is 0 Å². The van der Waals surface area contributed by atoms with Crippen LogP contribution in [0.25, 0.3) is 0 Å². The van der Waals surface area contributed by atoms with Crippen LogP contribution in [0.3, 0.4) is 0 Å². The molecule has 5 heteroatoms. The molecule has 2 rings (SSSR count). The Labute approximate surface area is 98.0 Å². The molecule has 1 atom stereocenters.